The number of rotatable bonds is 6. The second kappa shape index (κ2) is 9.33. The van der Waals surface area contributed by atoms with Crippen LogP contribution in [0.25, 0.3) is 0 Å². The van der Waals surface area contributed by atoms with Crippen molar-refractivity contribution in [2.75, 3.05) is 0 Å². The van der Waals surface area contributed by atoms with Gasteiger partial charge in [-0.05, 0) is 93.1 Å². The number of allylic oxidation sites excluding steroid dienone is 3. The zero-order valence-electron chi connectivity index (χ0n) is 19.9. The number of aliphatic hydroxyl groups excluding tert-OH is 2. The summed E-state index contributed by atoms with van der Waals surface area (Å²) in [4.78, 5) is 12.2. The molecule has 3 aliphatic rings. The summed E-state index contributed by atoms with van der Waals surface area (Å²) in [5.41, 5.74) is 2.23. The molecule has 0 aromatic rings. The molecule has 3 rings (SSSR count). The smallest absolute Gasteiger partial charge is 0.163 e. The van der Waals surface area contributed by atoms with Gasteiger partial charge in [0.05, 0.1) is 12.2 Å². The van der Waals surface area contributed by atoms with Crippen molar-refractivity contribution in [1.82, 2.24) is 0 Å². The lowest BCUT2D eigenvalue weighted by Gasteiger charge is -2.44. The van der Waals surface area contributed by atoms with E-state index in [2.05, 4.69) is 32.6 Å². The van der Waals surface area contributed by atoms with Gasteiger partial charge in [0.25, 0.3) is 0 Å². The van der Waals surface area contributed by atoms with Crippen LogP contribution in [-0.2, 0) is 4.79 Å². The topological polar surface area (TPSA) is 77.8 Å². The minimum Gasteiger partial charge on any atom is -0.393 e. The van der Waals surface area contributed by atoms with E-state index in [-0.39, 0.29) is 11.2 Å². The lowest BCUT2D eigenvalue weighted by molar-refractivity contribution is -0.134. The van der Waals surface area contributed by atoms with E-state index in [0.717, 1.165) is 24.0 Å². The van der Waals surface area contributed by atoms with Gasteiger partial charge in [-0.25, -0.2) is 0 Å². The summed E-state index contributed by atoms with van der Waals surface area (Å²) in [5.74, 6) is 1.55. The molecule has 1 unspecified atom stereocenters. The fourth-order valence-corrected chi connectivity index (χ4v) is 6.55. The lowest BCUT2D eigenvalue weighted by atomic mass is 9.60. The third-order valence-corrected chi connectivity index (χ3v) is 8.50. The fraction of sp³-hybridized carbons (Fsp3) is 0.741. The van der Waals surface area contributed by atoms with Crippen LogP contribution in [-0.4, -0.2) is 38.9 Å². The zero-order valence-corrected chi connectivity index (χ0v) is 19.9. The molecule has 6 atom stereocenters. The van der Waals surface area contributed by atoms with Crippen molar-refractivity contribution in [2.24, 2.45) is 23.2 Å². The van der Waals surface area contributed by atoms with Gasteiger partial charge in [0, 0.05) is 12.8 Å². The molecule has 31 heavy (non-hydrogen) atoms. The number of carbonyl (C=O) groups excluding carboxylic acids is 1. The van der Waals surface area contributed by atoms with Gasteiger partial charge in [-0.15, -0.1) is 0 Å². The van der Waals surface area contributed by atoms with E-state index >= 15 is 0 Å². The van der Waals surface area contributed by atoms with Gasteiger partial charge in [0.1, 0.15) is 5.60 Å². The second-order valence-corrected chi connectivity index (χ2v) is 11.2. The fourth-order valence-electron chi connectivity index (χ4n) is 6.55. The Kier molecular flexibility index (Phi) is 7.35. The molecule has 174 valence electrons. The molecule has 0 bridgehead atoms. The Labute approximate surface area is 188 Å². The van der Waals surface area contributed by atoms with Crippen molar-refractivity contribution in [3.05, 3.63) is 35.5 Å². The van der Waals surface area contributed by atoms with Gasteiger partial charge in [-0.2, -0.15) is 0 Å². The molecular weight excluding hydrogens is 388 g/mol. The Morgan fingerprint density at radius 1 is 1.29 bits per heavy atom. The van der Waals surface area contributed by atoms with Crippen LogP contribution in [0.1, 0.15) is 85.5 Å². The summed E-state index contributed by atoms with van der Waals surface area (Å²) in [5, 5.41) is 30.1. The van der Waals surface area contributed by atoms with Crippen molar-refractivity contribution in [3.63, 3.8) is 0 Å². The van der Waals surface area contributed by atoms with Crippen LogP contribution in [0.2, 0.25) is 0 Å². The molecule has 0 amide bonds. The maximum Gasteiger partial charge on any atom is 0.163 e. The van der Waals surface area contributed by atoms with E-state index in [1.165, 1.54) is 31.3 Å². The van der Waals surface area contributed by atoms with Crippen LogP contribution in [0, 0.1) is 23.2 Å². The molecule has 0 spiro atoms. The summed E-state index contributed by atoms with van der Waals surface area (Å²) >= 11 is 0. The molecule has 0 aromatic heterocycles. The number of Topliss-reactive ketones (excluding diaryl/α,β-unsaturated/α-hetero) is 1. The van der Waals surface area contributed by atoms with Crippen LogP contribution in [0.5, 0.6) is 0 Å². The Balaban J connectivity index is 1.72. The lowest BCUT2D eigenvalue weighted by Crippen LogP contribution is -2.36. The normalized spacial score (nSPS) is 37.8. The highest BCUT2D eigenvalue weighted by atomic mass is 16.3. The highest BCUT2D eigenvalue weighted by Crippen LogP contribution is 2.59. The third kappa shape index (κ3) is 5.23. The zero-order chi connectivity index (χ0) is 23.0. The SMILES string of the molecule is C=C1/C(=C\C=C2/CCC[C@]3(C)[C@@H]([C@H](C)CCC(=O)C(C)(C)O)CC[C@@H]23)C[C@@H](O)CC1O. The number of ketones is 1. The average Bonchev–Trinajstić information content (AvgIpc) is 3.04. The molecule has 3 saturated carbocycles. The maximum atomic E-state index is 12.2. The van der Waals surface area contributed by atoms with Crippen molar-refractivity contribution in [3.8, 4) is 0 Å². The predicted octanol–water partition coefficient (Wildman–Crippen LogP) is 4.88. The van der Waals surface area contributed by atoms with E-state index < -0.39 is 17.8 Å². The van der Waals surface area contributed by atoms with E-state index in [1.54, 1.807) is 13.8 Å². The van der Waals surface area contributed by atoms with Crippen molar-refractivity contribution in [2.45, 2.75) is 103 Å². The third-order valence-electron chi connectivity index (χ3n) is 8.50. The van der Waals surface area contributed by atoms with Crippen LogP contribution in [0.3, 0.4) is 0 Å². The first kappa shape index (κ1) is 24.4. The number of carbonyl (C=O) groups is 1. The molecule has 4 nitrogen and oxygen atoms in total. The summed E-state index contributed by atoms with van der Waals surface area (Å²) < 4.78 is 0. The predicted molar refractivity (Wildman–Crippen MR) is 124 cm³/mol. The minimum atomic E-state index is -1.24. The largest absolute Gasteiger partial charge is 0.393 e. The van der Waals surface area contributed by atoms with E-state index in [4.69, 9.17) is 0 Å². The molecule has 4 heteroatoms. The van der Waals surface area contributed by atoms with Crippen LogP contribution in [0.4, 0.5) is 0 Å². The summed E-state index contributed by atoms with van der Waals surface area (Å²) in [7, 11) is 0. The van der Waals surface area contributed by atoms with Gasteiger partial charge in [0.15, 0.2) is 5.78 Å². The standard InChI is InChI=1S/C27H42O4/c1-17(8-13-25(30)26(3,4)31)22-11-12-23-19(7-6-14-27(22,23)5)9-10-20-15-21(28)16-24(29)18(20)2/h9-10,17,21-24,28-29,31H,2,6-8,11-16H2,1,3-5H3/b19-9+,20-10-/t17-,21-,22-,23+,24?,27-/m1/s1. The molecule has 3 fully saturated rings. The van der Waals surface area contributed by atoms with Crippen molar-refractivity contribution < 1.29 is 20.1 Å². The Morgan fingerprint density at radius 2 is 2.00 bits per heavy atom. The van der Waals surface area contributed by atoms with Crippen LogP contribution < -0.4 is 0 Å². The molecule has 0 saturated heterocycles. The molecule has 0 aromatic carbocycles. The first-order valence-electron chi connectivity index (χ1n) is 12.1. The minimum absolute atomic E-state index is 0.0630. The molecular formula is C27H42O4. The molecule has 3 aliphatic carbocycles. The quantitative estimate of drug-likeness (QED) is 0.561. The number of fused-ring (bicyclic) bond motifs is 1. The van der Waals surface area contributed by atoms with Crippen molar-refractivity contribution in [1.29, 1.82) is 0 Å². The summed E-state index contributed by atoms with van der Waals surface area (Å²) in [6.07, 6.45) is 11.3. The Morgan fingerprint density at radius 3 is 2.68 bits per heavy atom. The van der Waals surface area contributed by atoms with E-state index in [0.29, 0.717) is 37.0 Å². The Hall–Kier alpha value is -1.23. The van der Waals surface area contributed by atoms with Crippen LogP contribution >= 0.6 is 0 Å². The van der Waals surface area contributed by atoms with Gasteiger partial charge in [0.2, 0.25) is 0 Å². The van der Waals surface area contributed by atoms with E-state index in [9.17, 15) is 20.1 Å². The number of aliphatic hydroxyl groups is 3. The van der Waals surface area contributed by atoms with Crippen LogP contribution in [0.15, 0.2) is 35.5 Å². The first-order chi connectivity index (χ1) is 14.4. The van der Waals surface area contributed by atoms with Gasteiger partial charge in [-0.3, -0.25) is 4.79 Å². The van der Waals surface area contributed by atoms with E-state index in [1.807, 2.05) is 0 Å². The first-order valence-corrected chi connectivity index (χ1v) is 12.1. The highest BCUT2D eigenvalue weighted by molar-refractivity contribution is 5.86. The Bertz CT molecular complexity index is 756. The molecule has 0 radical (unpaired) electrons. The molecule has 0 aliphatic heterocycles. The average molecular weight is 431 g/mol. The summed E-state index contributed by atoms with van der Waals surface area (Å²) in [6, 6.07) is 0. The summed E-state index contributed by atoms with van der Waals surface area (Å²) in [6.45, 7) is 11.9. The van der Waals surface area contributed by atoms with Gasteiger partial charge < -0.3 is 15.3 Å². The molecule has 3 N–H and O–H groups in total. The monoisotopic (exact) mass is 430 g/mol. The van der Waals surface area contributed by atoms with Gasteiger partial charge in [-0.1, -0.05) is 38.2 Å². The van der Waals surface area contributed by atoms with Crippen molar-refractivity contribution >= 4 is 5.78 Å². The maximum absolute atomic E-state index is 12.2. The molecule has 0 heterocycles. The van der Waals surface area contributed by atoms with Gasteiger partial charge >= 0.3 is 0 Å². The number of hydrogen-bond donors (Lipinski definition) is 3. The second-order valence-electron chi connectivity index (χ2n) is 11.2. The highest BCUT2D eigenvalue weighted by Gasteiger charge is 2.50. The number of hydrogen-bond acceptors (Lipinski definition) is 4.